The van der Waals surface area contributed by atoms with Crippen molar-refractivity contribution in [1.82, 2.24) is 9.71 Å². The first-order valence-electron chi connectivity index (χ1n) is 6.74. The molecule has 0 bridgehead atoms. The smallest absolute Gasteiger partial charge is 0.242 e. The van der Waals surface area contributed by atoms with Crippen molar-refractivity contribution >= 4 is 26.6 Å². The Labute approximate surface area is 119 Å². The number of hydrogen-bond donors (Lipinski definition) is 3. The zero-order valence-electron chi connectivity index (χ0n) is 12.0. The molecule has 1 unspecified atom stereocenters. The zero-order chi connectivity index (χ0) is 14.9. The van der Waals surface area contributed by atoms with E-state index in [4.69, 9.17) is 5.73 Å². The zero-order valence-corrected chi connectivity index (χ0v) is 12.8. The number of hydrogen-bond acceptors (Lipinski definition) is 3. The van der Waals surface area contributed by atoms with Crippen LogP contribution in [0.1, 0.15) is 27.2 Å². The number of nitrogens with one attached hydrogen (secondary N) is 2. The van der Waals surface area contributed by atoms with Crippen LogP contribution in [0.3, 0.4) is 0 Å². The number of aromatic amines is 1. The average Bonchev–Trinajstić information content (AvgIpc) is 2.79. The predicted octanol–water partition coefficient (Wildman–Crippen LogP) is 2.46. The minimum absolute atomic E-state index is 0.0706. The average molecular weight is 295 g/mol. The Kier molecular flexibility index (Phi) is 4.06. The Hall–Kier alpha value is -1.53. The minimum Gasteiger partial charge on any atom is -0.399 e. The van der Waals surface area contributed by atoms with Gasteiger partial charge in [0.2, 0.25) is 10.0 Å². The van der Waals surface area contributed by atoms with Gasteiger partial charge < -0.3 is 10.7 Å². The van der Waals surface area contributed by atoms with Crippen LogP contribution in [-0.4, -0.2) is 19.4 Å². The second kappa shape index (κ2) is 5.46. The quantitative estimate of drug-likeness (QED) is 0.740. The van der Waals surface area contributed by atoms with Crippen molar-refractivity contribution in [3.63, 3.8) is 0 Å². The van der Waals surface area contributed by atoms with Crippen LogP contribution in [0.4, 0.5) is 5.69 Å². The van der Waals surface area contributed by atoms with Crippen LogP contribution in [0, 0.1) is 5.92 Å². The molecule has 2 rings (SSSR count). The Morgan fingerprint density at radius 2 is 2.05 bits per heavy atom. The van der Waals surface area contributed by atoms with Crippen molar-refractivity contribution in [2.24, 2.45) is 5.92 Å². The fraction of sp³-hybridized carbons (Fsp3) is 0.429. The molecule has 0 radical (unpaired) electrons. The van der Waals surface area contributed by atoms with E-state index in [1.54, 1.807) is 18.2 Å². The van der Waals surface area contributed by atoms with Gasteiger partial charge in [-0.3, -0.25) is 0 Å². The van der Waals surface area contributed by atoms with E-state index in [0.29, 0.717) is 11.1 Å². The largest absolute Gasteiger partial charge is 0.399 e. The van der Waals surface area contributed by atoms with Crippen LogP contribution < -0.4 is 10.5 Å². The molecule has 0 saturated carbocycles. The topological polar surface area (TPSA) is 88.0 Å². The van der Waals surface area contributed by atoms with Gasteiger partial charge in [0.05, 0.1) is 0 Å². The van der Waals surface area contributed by atoms with Crippen molar-refractivity contribution in [3.8, 4) is 0 Å². The number of rotatable bonds is 5. The van der Waals surface area contributed by atoms with E-state index < -0.39 is 10.0 Å². The third-order valence-corrected chi connectivity index (χ3v) is 5.04. The van der Waals surface area contributed by atoms with E-state index in [9.17, 15) is 8.42 Å². The molecule has 0 saturated heterocycles. The van der Waals surface area contributed by atoms with Crippen LogP contribution >= 0.6 is 0 Å². The standard InChI is InChI=1S/C14H21N3O2S/c1-4-12(9(2)3)17-20(18,19)14-8-16-13-7-10(15)5-6-11(13)14/h5-9,12,16-17H,4,15H2,1-3H3. The molecule has 1 heterocycles. The highest BCUT2D eigenvalue weighted by atomic mass is 32.2. The summed E-state index contributed by atoms with van der Waals surface area (Å²) in [5.74, 6) is 0.246. The van der Waals surface area contributed by atoms with E-state index in [0.717, 1.165) is 11.9 Å². The number of nitrogen functional groups attached to an aromatic ring is 1. The first kappa shape index (κ1) is 14.9. The molecule has 1 aromatic heterocycles. The van der Waals surface area contributed by atoms with E-state index in [2.05, 4.69) is 9.71 Å². The Balaban J connectivity index is 2.42. The van der Waals surface area contributed by atoms with Crippen molar-refractivity contribution in [1.29, 1.82) is 0 Å². The number of sulfonamides is 1. The highest BCUT2D eigenvalue weighted by Crippen LogP contribution is 2.25. The predicted molar refractivity (Wildman–Crippen MR) is 81.9 cm³/mol. The summed E-state index contributed by atoms with van der Waals surface area (Å²) in [5.41, 5.74) is 7.03. The molecule has 110 valence electrons. The highest BCUT2D eigenvalue weighted by molar-refractivity contribution is 7.89. The molecule has 20 heavy (non-hydrogen) atoms. The highest BCUT2D eigenvalue weighted by Gasteiger charge is 2.23. The molecular formula is C14H21N3O2S. The molecule has 5 nitrogen and oxygen atoms in total. The molecule has 0 amide bonds. The Morgan fingerprint density at radius 3 is 2.65 bits per heavy atom. The molecular weight excluding hydrogens is 274 g/mol. The maximum absolute atomic E-state index is 12.5. The van der Waals surface area contributed by atoms with Crippen LogP contribution in [0.2, 0.25) is 0 Å². The second-order valence-corrected chi connectivity index (χ2v) is 7.02. The monoisotopic (exact) mass is 295 g/mol. The van der Waals surface area contributed by atoms with E-state index in [1.807, 2.05) is 20.8 Å². The van der Waals surface area contributed by atoms with Gasteiger partial charge in [0.1, 0.15) is 4.90 Å². The third-order valence-electron chi connectivity index (χ3n) is 3.51. The molecule has 0 fully saturated rings. The molecule has 1 atom stereocenters. The van der Waals surface area contributed by atoms with Gasteiger partial charge in [-0.25, -0.2) is 13.1 Å². The molecule has 0 aliphatic carbocycles. The Bertz CT molecular complexity index is 704. The van der Waals surface area contributed by atoms with Crippen molar-refractivity contribution in [2.45, 2.75) is 38.1 Å². The van der Waals surface area contributed by atoms with Crippen LogP contribution in [0.5, 0.6) is 0 Å². The molecule has 4 N–H and O–H groups in total. The molecule has 0 aliphatic heterocycles. The normalized spacial score (nSPS) is 14.0. The summed E-state index contributed by atoms with van der Waals surface area (Å²) in [4.78, 5) is 3.23. The van der Waals surface area contributed by atoms with Gasteiger partial charge in [0, 0.05) is 28.8 Å². The summed E-state index contributed by atoms with van der Waals surface area (Å²) < 4.78 is 27.8. The number of nitrogens with two attached hydrogens (primary N) is 1. The maximum Gasteiger partial charge on any atom is 0.242 e. The molecule has 1 aromatic carbocycles. The first-order chi connectivity index (χ1) is 9.35. The number of benzene rings is 1. The summed E-state index contributed by atoms with van der Waals surface area (Å²) in [6.45, 7) is 5.99. The van der Waals surface area contributed by atoms with Crippen LogP contribution in [0.25, 0.3) is 10.9 Å². The van der Waals surface area contributed by atoms with Gasteiger partial charge in [-0.2, -0.15) is 0 Å². The van der Waals surface area contributed by atoms with E-state index in [1.165, 1.54) is 6.20 Å². The number of anilines is 1. The summed E-state index contributed by atoms with van der Waals surface area (Å²) in [7, 11) is -3.53. The van der Waals surface area contributed by atoms with Crippen molar-refractivity contribution in [2.75, 3.05) is 5.73 Å². The fourth-order valence-electron chi connectivity index (χ4n) is 2.29. The van der Waals surface area contributed by atoms with E-state index >= 15 is 0 Å². The second-order valence-electron chi connectivity index (χ2n) is 5.34. The lowest BCUT2D eigenvalue weighted by molar-refractivity contribution is 0.437. The van der Waals surface area contributed by atoms with Gasteiger partial charge in [0.15, 0.2) is 0 Å². The number of fused-ring (bicyclic) bond motifs is 1. The molecule has 2 aromatic rings. The first-order valence-corrected chi connectivity index (χ1v) is 8.22. The summed E-state index contributed by atoms with van der Waals surface area (Å²) in [6, 6.07) is 5.09. The van der Waals surface area contributed by atoms with Crippen molar-refractivity contribution in [3.05, 3.63) is 24.4 Å². The number of aromatic nitrogens is 1. The molecule has 0 aliphatic rings. The Morgan fingerprint density at radius 1 is 1.35 bits per heavy atom. The summed E-state index contributed by atoms with van der Waals surface area (Å²) in [5, 5.41) is 0.658. The van der Waals surface area contributed by atoms with Gasteiger partial charge in [-0.1, -0.05) is 20.8 Å². The summed E-state index contributed by atoms with van der Waals surface area (Å²) in [6.07, 6.45) is 2.27. The lowest BCUT2D eigenvalue weighted by Crippen LogP contribution is -2.37. The van der Waals surface area contributed by atoms with Gasteiger partial charge in [0.25, 0.3) is 0 Å². The van der Waals surface area contributed by atoms with Gasteiger partial charge in [-0.05, 0) is 30.5 Å². The van der Waals surface area contributed by atoms with Crippen LogP contribution in [0.15, 0.2) is 29.3 Å². The third kappa shape index (κ3) is 2.81. The van der Waals surface area contributed by atoms with E-state index in [-0.39, 0.29) is 16.9 Å². The SMILES string of the molecule is CCC(NS(=O)(=O)c1c[nH]c2cc(N)ccc12)C(C)C. The maximum atomic E-state index is 12.5. The fourth-order valence-corrected chi connectivity index (χ4v) is 3.94. The summed E-state index contributed by atoms with van der Waals surface area (Å²) >= 11 is 0. The minimum atomic E-state index is -3.53. The van der Waals surface area contributed by atoms with Gasteiger partial charge >= 0.3 is 0 Å². The van der Waals surface area contributed by atoms with Crippen molar-refractivity contribution < 1.29 is 8.42 Å². The molecule has 6 heteroatoms. The lowest BCUT2D eigenvalue weighted by atomic mass is 10.0. The molecule has 0 spiro atoms. The van der Waals surface area contributed by atoms with Crippen LogP contribution in [-0.2, 0) is 10.0 Å². The van der Waals surface area contributed by atoms with Gasteiger partial charge in [-0.15, -0.1) is 0 Å². The number of H-pyrrole nitrogens is 1. The lowest BCUT2D eigenvalue weighted by Gasteiger charge is -2.20.